The summed E-state index contributed by atoms with van der Waals surface area (Å²) in [5, 5.41) is 14.4. The Kier molecular flexibility index (Phi) is 5.22. The van der Waals surface area contributed by atoms with Crippen molar-refractivity contribution < 1.29 is 14.7 Å². The highest BCUT2D eigenvalue weighted by molar-refractivity contribution is 6.33. The van der Waals surface area contributed by atoms with E-state index in [4.69, 9.17) is 16.7 Å². The molecule has 0 spiro atoms. The highest BCUT2D eigenvalue weighted by Crippen LogP contribution is 2.21. The van der Waals surface area contributed by atoms with Crippen molar-refractivity contribution in [1.82, 2.24) is 5.32 Å². The quantitative estimate of drug-likeness (QED) is 0.745. The second-order valence-corrected chi connectivity index (χ2v) is 5.39. The molecule has 0 saturated carbocycles. The molecule has 0 aliphatic heterocycles. The molecule has 1 aromatic rings. The SMILES string of the molecule is O=C(NCC1CC=CCC1)Nc1ccc(C(=O)O)c(Cl)c1. The van der Waals surface area contributed by atoms with E-state index in [1.54, 1.807) is 0 Å². The van der Waals surface area contributed by atoms with E-state index in [1.165, 1.54) is 18.2 Å². The van der Waals surface area contributed by atoms with E-state index < -0.39 is 5.97 Å². The van der Waals surface area contributed by atoms with E-state index in [-0.39, 0.29) is 16.6 Å². The van der Waals surface area contributed by atoms with Gasteiger partial charge in [-0.05, 0) is 43.4 Å². The molecule has 2 amide bonds. The number of benzene rings is 1. The summed E-state index contributed by atoms with van der Waals surface area (Å²) in [4.78, 5) is 22.6. The first kappa shape index (κ1) is 15.4. The Morgan fingerprint density at radius 1 is 1.33 bits per heavy atom. The number of allylic oxidation sites excluding steroid dienone is 2. The number of halogens is 1. The van der Waals surface area contributed by atoms with Crippen molar-refractivity contribution in [3.05, 3.63) is 40.9 Å². The minimum atomic E-state index is -1.10. The molecule has 5 nitrogen and oxygen atoms in total. The van der Waals surface area contributed by atoms with Crippen LogP contribution >= 0.6 is 11.6 Å². The van der Waals surface area contributed by atoms with Crippen LogP contribution < -0.4 is 10.6 Å². The highest BCUT2D eigenvalue weighted by atomic mass is 35.5. The van der Waals surface area contributed by atoms with E-state index in [0.717, 1.165) is 19.3 Å². The first-order valence-electron chi connectivity index (χ1n) is 6.79. The maximum Gasteiger partial charge on any atom is 0.337 e. The summed E-state index contributed by atoms with van der Waals surface area (Å²) in [5.74, 6) is -0.625. The molecular formula is C15H17ClN2O3. The maximum atomic E-state index is 11.8. The van der Waals surface area contributed by atoms with Crippen LogP contribution in [0.4, 0.5) is 10.5 Å². The van der Waals surface area contributed by atoms with Crippen molar-refractivity contribution in [2.45, 2.75) is 19.3 Å². The van der Waals surface area contributed by atoms with Crippen LogP contribution in [0, 0.1) is 5.92 Å². The van der Waals surface area contributed by atoms with Gasteiger partial charge in [-0.3, -0.25) is 0 Å². The number of carboxylic acids is 1. The van der Waals surface area contributed by atoms with Gasteiger partial charge in [0.1, 0.15) is 0 Å². The third-order valence-corrected chi connectivity index (χ3v) is 3.70. The lowest BCUT2D eigenvalue weighted by molar-refractivity contribution is 0.0697. The third kappa shape index (κ3) is 4.49. The van der Waals surface area contributed by atoms with Gasteiger partial charge in [-0.1, -0.05) is 23.8 Å². The van der Waals surface area contributed by atoms with Gasteiger partial charge in [-0.25, -0.2) is 9.59 Å². The van der Waals surface area contributed by atoms with Crippen molar-refractivity contribution in [3.8, 4) is 0 Å². The smallest absolute Gasteiger partial charge is 0.337 e. The molecule has 3 N–H and O–H groups in total. The van der Waals surface area contributed by atoms with Gasteiger partial charge in [0.15, 0.2) is 0 Å². The zero-order valence-corrected chi connectivity index (χ0v) is 12.2. The second kappa shape index (κ2) is 7.13. The molecule has 0 saturated heterocycles. The maximum absolute atomic E-state index is 11.8. The minimum absolute atomic E-state index is 0.0108. The molecule has 112 valence electrons. The van der Waals surface area contributed by atoms with E-state index in [0.29, 0.717) is 18.2 Å². The predicted octanol–water partition coefficient (Wildman–Crippen LogP) is 3.52. The van der Waals surface area contributed by atoms with Gasteiger partial charge < -0.3 is 15.7 Å². The number of hydrogen-bond donors (Lipinski definition) is 3. The van der Waals surface area contributed by atoms with Gasteiger partial charge in [-0.15, -0.1) is 0 Å². The van der Waals surface area contributed by atoms with E-state index in [1.807, 2.05) is 0 Å². The van der Waals surface area contributed by atoms with Crippen LogP contribution in [0.15, 0.2) is 30.4 Å². The molecule has 6 heteroatoms. The van der Waals surface area contributed by atoms with Crippen LogP contribution in [-0.4, -0.2) is 23.7 Å². The normalized spacial score (nSPS) is 17.3. The average molecular weight is 309 g/mol. The van der Waals surface area contributed by atoms with Gasteiger partial charge >= 0.3 is 12.0 Å². The summed E-state index contributed by atoms with van der Waals surface area (Å²) in [6.07, 6.45) is 7.41. The molecule has 0 aromatic heterocycles. The minimum Gasteiger partial charge on any atom is -0.478 e. The van der Waals surface area contributed by atoms with Crippen LogP contribution in [0.25, 0.3) is 0 Å². The number of carboxylic acid groups (broad SMARTS) is 1. The Labute approximate surface area is 128 Å². The average Bonchev–Trinajstić information content (AvgIpc) is 2.46. The fourth-order valence-corrected chi connectivity index (χ4v) is 2.48. The van der Waals surface area contributed by atoms with Crippen molar-refractivity contribution >= 4 is 29.3 Å². The summed E-state index contributed by atoms with van der Waals surface area (Å²) in [6.45, 7) is 0.622. The number of nitrogens with one attached hydrogen (secondary N) is 2. The number of urea groups is 1. The van der Waals surface area contributed by atoms with Crippen molar-refractivity contribution in [2.75, 3.05) is 11.9 Å². The molecule has 1 unspecified atom stereocenters. The summed E-state index contributed by atoms with van der Waals surface area (Å²) in [7, 11) is 0. The number of aromatic carboxylic acids is 1. The Morgan fingerprint density at radius 2 is 2.14 bits per heavy atom. The topological polar surface area (TPSA) is 78.4 Å². The molecule has 0 bridgehead atoms. The Balaban J connectivity index is 1.86. The third-order valence-electron chi connectivity index (χ3n) is 3.39. The number of anilines is 1. The van der Waals surface area contributed by atoms with Gasteiger partial charge in [0.05, 0.1) is 10.6 Å². The summed E-state index contributed by atoms with van der Waals surface area (Å²) >= 11 is 5.85. The van der Waals surface area contributed by atoms with Crippen molar-refractivity contribution in [1.29, 1.82) is 0 Å². The lowest BCUT2D eigenvalue weighted by Gasteiger charge is -2.18. The summed E-state index contributed by atoms with van der Waals surface area (Å²) in [6, 6.07) is 3.99. The zero-order chi connectivity index (χ0) is 15.2. The molecule has 0 radical (unpaired) electrons. The molecule has 1 aromatic carbocycles. The number of hydrogen-bond acceptors (Lipinski definition) is 2. The van der Waals surface area contributed by atoms with E-state index in [2.05, 4.69) is 22.8 Å². The van der Waals surface area contributed by atoms with Crippen molar-refractivity contribution in [3.63, 3.8) is 0 Å². The summed E-state index contributed by atoms with van der Waals surface area (Å²) < 4.78 is 0. The largest absolute Gasteiger partial charge is 0.478 e. The first-order chi connectivity index (χ1) is 10.1. The Bertz CT molecular complexity index is 572. The van der Waals surface area contributed by atoms with Crippen LogP contribution in [0.3, 0.4) is 0 Å². The molecule has 21 heavy (non-hydrogen) atoms. The lowest BCUT2D eigenvalue weighted by Crippen LogP contribution is -2.33. The first-order valence-corrected chi connectivity index (χ1v) is 7.16. The highest BCUT2D eigenvalue weighted by Gasteiger charge is 2.12. The monoisotopic (exact) mass is 308 g/mol. The summed E-state index contributed by atoms with van der Waals surface area (Å²) in [5.41, 5.74) is 0.475. The second-order valence-electron chi connectivity index (χ2n) is 4.99. The molecule has 0 heterocycles. The molecule has 1 atom stereocenters. The molecular weight excluding hydrogens is 292 g/mol. The fraction of sp³-hybridized carbons (Fsp3) is 0.333. The Hall–Kier alpha value is -2.01. The molecule has 1 aliphatic carbocycles. The van der Waals surface area contributed by atoms with Gasteiger partial charge in [-0.2, -0.15) is 0 Å². The Morgan fingerprint density at radius 3 is 2.76 bits per heavy atom. The fourth-order valence-electron chi connectivity index (χ4n) is 2.22. The predicted molar refractivity (Wildman–Crippen MR) is 81.9 cm³/mol. The number of rotatable bonds is 4. The zero-order valence-electron chi connectivity index (χ0n) is 11.4. The standard InChI is InChI=1S/C15H17ClN2O3/c16-13-8-11(6-7-12(13)14(19)20)18-15(21)17-9-10-4-2-1-3-5-10/h1-2,6-8,10H,3-5,9H2,(H,19,20)(H2,17,18,21). The van der Waals surface area contributed by atoms with Gasteiger partial charge in [0, 0.05) is 12.2 Å². The molecule has 2 rings (SSSR count). The number of carbonyl (C=O) groups excluding carboxylic acids is 1. The van der Waals surface area contributed by atoms with E-state index >= 15 is 0 Å². The van der Waals surface area contributed by atoms with Crippen LogP contribution in [0.1, 0.15) is 29.6 Å². The molecule has 0 fully saturated rings. The molecule has 1 aliphatic rings. The number of amides is 2. The van der Waals surface area contributed by atoms with E-state index in [9.17, 15) is 9.59 Å². The lowest BCUT2D eigenvalue weighted by atomic mass is 9.94. The number of carbonyl (C=O) groups is 2. The van der Waals surface area contributed by atoms with Gasteiger partial charge in [0.2, 0.25) is 0 Å². The van der Waals surface area contributed by atoms with Crippen LogP contribution in [-0.2, 0) is 0 Å². The van der Waals surface area contributed by atoms with Crippen LogP contribution in [0.2, 0.25) is 5.02 Å². The van der Waals surface area contributed by atoms with Crippen molar-refractivity contribution in [2.24, 2.45) is 5.92 Å². The van der Waals surface area contributed by atoms with Gasteiger partial charge in [0.25, 0.3) is 0 Å². The van der Waals surface area contributed by atoms with Crippen LogP contribution in [0.5, 0.6) is 0 Å².